The zero-order valence-electron chi connectivity index (χ0n) is 7.97. The van der Waals surface area contributed by atoms with Gasteiger partial charge in [-0.3, -0.25) is 0 Å². The van der Waals surface area contributed by atoms with Crippen LogP contribution in [0.1, 0.15) is 19.4 Å². The van der Waals surface area contributed by atoms with Gasteiger partial charge in [0.25, 0.3) is 0 Å². The summed E-state index contributed by atoms with van der Waals surface area (Å²) in [5.74, 6) is 0. The molecule has 1 rings (SSSR count). The maximum Gasteiger partial charge on any atom is 0.0841 e. The minimum absolute atomic E-state index is 0.670. The molecule has 0 spiro atoms. The molecule has 0 aliphatic heterocycles. The van der Waals surface area contributed by atoms with Crippen molar-refractivity contribution in [3.8, 4) is 0 Å². The summed E-state index contributed by atoms with van der Waals surface area (Å²) in [4.78, 5) is 1.07. The molecular formula is C10H13ClOS. The molecule has 0 aliphatic carbocycles. The highest BCUT2D eigenvalue weighted by molar-refractivity contribution is 7.98. The minimum atomic E-state index is -0.824. The zero-order chi connectivity index (χ0) is 10.1. The standard InChI is InChI=1S/C10H13ClOS/c1-10(2,12)7-4-8(11)6-9(5-7)13-3/h4-6,12H,1-3H3. The van der Waals surface area contributed by atoms with Gasteiger partial charge in [-0.2, -0.15) is 0 Å². The first kappa shape index (κ1) is 10.9. The van der Waals surface area contributed by atoms with Gasteiger partial charge in [0.1, 0.15) is 0 Å². The Balaban J connectivity index is 3.16. The Morgan fingerprint density at radius 3 is 2.38 bits per heavy atom. The molecular weight excluding hydrogens is 204 g/mol. The Bertz CT molecular complexity index is 304. The summed E-state index contributed by atoms with van der Waals surface area (Å²) in [5, 5.41) is 10.4. The van der Waals surface area contributed by atoms with Crippen molar-refractivity contribution < 1.29 is 5.11 Å². The molecule has 13 heavy (non-hydrogen) atoms. The number of hydrogen-bond acceptors (Lipinski definition) is 2. The Hall–Kier alpha value is -0.180. The van der Waals surface area contributed by atoms with Gasteiger partial charge in [-0.15, -0.1) is 11.8 Å². The van der Waals surface area contributed by atoms with E-state index in [4.69, 9.17) is 11.6 Å². The van der Waals surface area contributed by atoms with E-state index in [1.54, 1.807) is 31.7 Å². The molecule has 3 heteroatoms. The lowest BCUT2D eigenvalue weighted by atomic mass is 9.99. The Labute approximate surface area is 88.1 Å². The molecule has 0 fully saturated rings. The summed E-state index contributed by atoms with van der Waals surface area (Å²) in [6.07, 6.45) is 1.99. The molecule has 1 aromatic carbocycles. The Morgan fingerprint density at radius 1 is 1.31 bits per heavy atom. The predicted octanol–water partition coefficient (Wildman–Crippen LogP) is 3.29. The monoisotopic (exact) mass is 216 g/mol. The second-order valence-corrected chi connectivity index (χ2v) is 4.75. The molecule has 0 amide bonds. The van der Waals surface area contributed by atoms with Gasteiger partial charge in [-0.1, -0.05) is 11.6 Å². The van der Waals surface area contributed by atoms with Gasteiger partial charge in [0.15, 0.2) is 0 Å². The molecule has 0 aliphatic rings. The first-order valence-corrected chi connectivity index (χ1v) is 5.61. The van der Waals surface area contributed by atoms with Crippen molar-refractivity contribution >= 4 is 23.4 Å². The average molecular weight is 217 g/mol. The second-order valence-electron chi connectivity index (χ2n) is 3.44. The first-order chi connectivity index (χ1) is 5.93. The van der Waals surface area contributed by atoms with Gasteiger partial charge in [0, 0.05) is 9.92 Å². The molecule has 72 valence electrons. The molecule has 0 saturated heterocycles. The fraction of sp³-hybridized carbons (Fsp3) is 0.400. The largest absolute Gasteiger partial charge is 0.386 e. The maximum absolute atomic E-state index is 9.77. The summed E-state index contributed by atoms with van der Waals surface area (Å²) in [7, 11) is 0. The van der Waals surface area contributed by atoms with Crippen LogP contribution in [-0.2, 0) is 5.60 Å². The van der Waals surface area contributed by atoms with Crippen LogP contribution in [0.3, 0.4) is 0 Å². The zero-order valence-corrected chi connectivity index (χ0v) is 9.54. The second kappa shape index (κ2) is 3.91. The van der Waals surface area contributed by atoms with Crippen molar-refractivity contribution in [1.29, 1.82) is 0 Å². The fourth-order valence-electron chi connectivity index (χ4n) is 1.03. The third kappa shape index (κ3) is 2.90. The van der Waals surface area contributed by atoms with Crippen molar-refractivity contribution in [1.82, 2.24) is 0 Å². The van der Waals surface area contributed by atoms with E-state index in [1.807, 2.05) is 18.4 Å². The summed E-state index contributed by atoms with van der Waals surface area (Å²) in [6.45, 7) is 3.51. The van der Waals surface area contributed by atoms with Crippen molar-refractivity contribution in [3.63, 3.8) is 0 Å². The third-order valence-electron chi connectivity index (χ3n) is 1.81. The number of hydrogen-bond donors (Lipinski definition) is 1. The number of benzene rings is 1. The molecule has 1 aromatic rings. The number of thioether (sulfide) groups is 1. The van der Waals surface area contributed by atoms with Gasteiger partial charge in [0.05, 0.1) is 5.60 Å². The third-order valence-corrected chi connectivity index (χ3v) is 2.74. The highest BCUT2D eigenvalue weighted by Gasteiger charge is 2.16. The van der Waals surface area contributed by atoms with E-state index in [0.717, 1.165) is 10.5 Å². The van der Waals surface area contributed by atoms with Crippen molar-refractivity contribution in [2.45, 2.75) is 24.3 Å². The minimum Gasteiger partial charge on any atom is -0.386 e. The molecule has 1 N–H and O–H groups in total. The van der Waals surface area contributed by atoms with Crippen molar-refractivity contribution in [3.05, 3.63) is 28.8 Å². The van der Waals surface area contributed by atoms with Crippen LogP contribution in [0.25, 0.3) is 0 Å². The van der Waals surface area contributed by atoms with Crippen LogP contribution in [0, 0.1) is 0 Å². The highest BCUT2D eigenvalue weighted by Crippen LogP contribution is 2.28. The van der Waals surface area contributed by atoms with E-state index in [1.165, 1.54) is 0 Å². The van der Waals surface area contributed by atoms with E-state index >= 15 is 0 Å². The van der Waals surface area contributed by atoms with Gasteiger partial charge in [-0.25, -0.2) is 0 Å². The molecule has 0 heterocycles. The smallest absolute Gasteiger partial charge is 0.0841 e. The normalized spacial score (nSPS) is 11.8. The molecule has 0 unspecified atom stereocenters. The van der Waals surface area contributed by atoms with Crippen molar-refractivity contribution in [2.75, 3.05) is 6.26 Å². The lowest BCUT2D eigenvalue weighted by molar-refractivity contribution is 0.0784. The summed E-state index contributed by atoms with van der Waals surface area (Å²) in [6, 6.07) is 5.64. The van der Waals surface area contributed by atoms with Crippen LogP contribution in [0.15, 0.2) is 23.1 Å². The SMILES string of the molecule is CSc1cc(Cl)cc(C(C)(C)O)c1. The van der Waals surface area contributed by atoms with Crippen LogP contribution in [0.5, 0.6) is 0 Å². The van der Waals surface area contributed by atoms with E-state index in [9.17, 15) is 5.11 Å². The maximum atomic E-state index is 9.77. The summed E-state index contributed by atoms with van der Waals surface area (Å²) < 4.78 is 0. The molecule has 0 saturated carbocycles. The Kier molecular flexibility index (Phi) is 3.28. The van der Waals surface area contributed by atoms with Gasteiger partial charge in [-0.05, 0) is 43.9 Å². The van der Waals surface area contributed by atoms with Crippen molar-refractivity contribution in [2.24, 2.45) is 0 Å². The molecule has 0 radical (unpaired) electrons. The van der Waals surface area contributed by atoms with Crippen LogP contribution < -0.4 is 0 Å². The topological polar surface area (TPSA) is 20.2 Å². The van der Waals surface area contributed by atoms with Crippen LogP contribution >= 0.6 is 23.4 Å². The first-order valence-electron chi connectivity index (χ1n) is 4.01. The summed E-state index contributed by atoms with van der Waals surface area (Å²) >= 11 is 7.53. The highest BCUT2D eigenvalue weighted by atomic mass is 35.5. The number of halogens is 1. The number of rotatable bonds is 2. The van der Waals surface area contributed by atoms with Crippen LogP contribution in [0.2, 0.25) is 5.02 Å². The van der Waals surface area contributed by atoms with Gasteiger partial charge >= 0.3 is 0 Å². The number of aliphatic hydroxyl groups is 1. The van der Waals surface area contributed by atoms with Gasteiger partial charge < -0.3 is 5.11 Å². The van der Waals surface area contributed by atoms with E-state index in [2.05, 4.69) is 0 Å². The molecule has 0 aromatic heterocycles. The predicted molar refractivity (Wildman–Crippen MR) is 58.5 cm³/mol. The fourth-order valence-corrected chi connectivity index (χ4v) is 1.82. The molecule has 0 atom stereocenters. The van der Waals surface area contributed by atoms with E-state index in [0.29, 0.717) is 5.02 Å². The lowest BCUT2D eigenvalue weighted by Crippen LogP contribution is -2.15. The van der Waals surface area contributed by atoms with Gasteiger partial charge in [0.2, 0.25) is 0 Å². The van der Waals surface area contributed by atoms with E-state index in [-0.39, 0.29) is 0 Å². The van der Waals surface area contributed by atoms with E-state index < -0.39 is 5.60 Å². The summed E-state index contributed by atoms with van der Waals surface area (Å²) in [5.41, 5.74) is 0.0272. The van der Waals surface area contributed by atoms with Crippen LogP contribution in [-0.4, -0.2) is 11.4 Å². The quantitative estimate of drug-likeness (QED) is 0.766. The van der Waals surface area contributed by atoms with Crippen LogP contribution in [0.4, 0.5) is 0 Å². The lowest BCUT2D eigenvalue weighted by Gasteiger charge is -2.18. The average Bonchev–Trinajstić information content (AvgIpc) is 2.01. The molecule has 0 bridgehead atoms. The molecule has 1 nitrogen and oxygen atoms in total. The Morgan fingerprint density at radius 2 is 1.92 bits per heavy atom.